The largest absolute Gasteiger partial charge is 0.493 e. The van der Waals surface area contributed by atoms with Crippen LogP contribution in [0.2, 0.25) is 0 Å². The molecule has 0 radical (unpaired) electrons. The Morgan fingerprint density at radius 2 is 2.00 bits per heavy atom. The summed E-state index contributed by atoms with van der Waals surface area (Å²) in [6.07, 6.45) is -2.11. The lowest BCUT2D eigenvalue weighted by atomic mass is 9.99. The zero-order valence-corrected chi connectivity index (χ0v) is 16.8. The van der Waals surface area contributed by atoms with Crippen molar-refractivity contribution in [1.29, 1.82) is 0 Å². The molecule has 1 aliphatic heterocycles. The lowest BCUT2D eigenvalue weighted by molar-refractivity contribution is -0.137. The lowest BCUT2D eigenvalue weighted by Crippen LogP contribution is -2.13. The smallest absolute Gasteiger partial charge is 0.416 e. The molecule has 3 N–H and O–H groups in total. The van der Waals surface area contributed by atoms with Crippen molar-refractivity contribution >= 4 is 28.1 Å². The Hall–Kier alpha value is -3.59. The van der Waals surface area contributed by atoms with E-state index in [4.69, 9.17) is 4.74 Å². The Balaban J connectivity index is 1.60. The van der Waals surface area contributed by atoms with Gasteiger partial charge >= 0.3 is 6.18 Å². The highest BCUT2D eigenvalue weighted by Gasteiger charge is 2.32. The van der Waals surface area contributed by atoms with Crippen LogP contribution in [-0.4, -0.2) is 22.6 Å². The number of ether oxygens (including phenoxy) is 1. The molecule has 32 heavy (non-hydrogen) atoms. The van der Waals surface area contributed by atoms with E-state index in [1.807, 2.05) is 0 Å². The number of rotatable bonds is 3. The number of anilines is 1. The van der Waals surface area contributed by atoms with Gasteiger partial charge in [0.05, 0.1) is 24.3 Å². The number of fused-ring (bicyclic) bond motifs is 2. The molecule has 2 aromatic carbocycles. The van der Waals surface area contributed by atoms with Crippen LogP contribution in [0.1, 0.15) is 29.5 Å². The number of aromatic nitrogens is 1. The van der Waals surface area contributed by atoms with Gasteiger partial charge in [-0.25, -0.2) is 0 Å². The van der Waals surface area contributed by atoms with Crippen LogP contribution in [0.25, 0.3) is 16.5 Å². The van der Waals surface area contributed by atoms with E-state index in [0.29, 0.717) is 40.6 Å². The molecule has 0 bridgehead atoms. The van der Waals surface area contributed by atoms with Crippen LogP contribution < -0.4 is 15.6 Å². The SMILES string of the molecule is O=C(/C=C1\CCCOc2cc(C(F)(F)F)ccc21)Nc1ccc2cc(CO)c(=O)[nH]c2c1. The minimum atomic E-state index is -4.49. The normalized spacial score (nSPS) is 15.2. The van der Waals surface area contributed by atoms with Crippen LogP contribution in [0.3, 0.4) is 0 Å². The van der Waals surface area contributed by atoms with E-state index in [-0.39, 0.29) is 24.5 Å². The summed E-state index contributed by atoms with van der Waals surface area (Å²) in [5.41, 5.74) is 0.961. The second-order valence-electron chi connectivity index (χ2n) is 7.40. The average molecular weight is 444 g/mol. The molecule has 1 aromatic heterocycles. The highest BCUT2D eigenvalue weighted by Crippen LogP contribution is 2.38. The van der Waals surface area contributed by atoms with Gasteiger partial charge in [0.2, 0.25) is 5.91 Å². The number of benzene rings is 2. The first-order valence-electron chi connectivity index (χ1n) is 9.87. The molecule has 4 rings (SSSR count). The Labute approximate surface area is 180 Å². The van der Waals surface area contributed by atoms with Gasteiger partial charge < -0.3 is 20.1 Å². The van der Waals surface area contributed by atoms with E-state index < -0.39 is 23.2 Å². The first kappa shape index (κ1) is 21.6. The van der Waals surface area contributed by atoms with Crippen LogP contribution >= 0.6 is 0 Å². The number of aromatic amines is 1. The fourth-order valence-electron chi connectivity index (χ4n) is 3.59. The number of hydrogen-bond donors (Lipinski definition) is 3. The fraction of sp³-hybridized carbons (Fsp3) is 0.217. The topological polar surface area (TPSA) is 91.4 Å². The summed E-state index contributed by atoms with van der Waals surface area (Å²) in [6, 6.07) is 9.75. The first-order valence-corrected chi connectivity index (χ1v) is 9.87. The van der Waals surface area contributed by atoms with Crippen LogP contribution in [0, 0.1) is 0 Å². The number of hydrogen-bond acceptors (Lipinski definition) is 4. The number of aliphatic hydroxyl groups is 1. The van der Waals surface area contributed by atoms with Crippen molar-refractivity contribution in [2.24, 2.45) is 0 Å². The van der Waals surface area contributed by atoms with Crippen LogP contribution in [0.4, 0.5) is 18.9 Å². The minimum absolute atomic E-state index is 0.0966. The van der Waals surface area contributed by atoms with Gasteiger partial charge in [-0.05, 0) is 54.1 Å². The molecule has 0 unspecified atom stereocenters. The predicted molar refractivity (Wildman–Crippen MR) is 113 cm³/mol. The van der Waals surface area contributed by atoms with Crippen molar-refractivity contribution in [2.45, 2.75) is 25.6 Å². The van der Waals surface area contributed by atoms with Crippen molar-refractivity contribution in [3.05, 3.63) is 75.6 Å². The average Bonchev–Trinajstić information content (AvgIpc) is 2.94. The molecular weight excluding hydrogens is 425 g/mol. The van der Waals surface area contributed by atoms with Crippen molar-refractivity contribution < 1.29 is 27.8 Å². The number of pyridine rings is 1. The fourth-order valence-corrected chi connectivity index (χ4v) is 3.59. The highest BCUT2D eigenvalue weighted by molar-refractivity contribution is 6.05. The van der Waals surface area contributed by atoms with Crippen molar-refractivity contribution in [3.63, 3.8) is 0 Å². The number of allylic oxidation sites excluding steroid dienone is 1. The second kappa shape index (κ2) is 8.51. The molecule has 0 saturated carbocycles. The van der Waals surface area contributed by atoms with E-state index in [2.05, 4.69) is 10.3 Å². The highest BCUT2D eigenvalue weighted by atomic mass is 19.4. The molecule has 0 saturated heterocycles. The number of alkyl halides is 3. The van der Waals surface area contributed by atoms with Crippen molar-refractivity contribution in [1.82, 2.24) is 4.98 Å². The number of carbonyl (C=O) groups excluding carboxylic acids is 1. The van der Waals surface area contributed by atoms with Gasteiger partial charge in [-0.15, -0.1) is 0 Å². The van der Waals surface area contributed by atoms with Crippen LogP contribution in [0.5, 0.6) is 5.75 Å². The summed E-state index contributed by atoms with van der Waals surface area (Å²) in [5, 5.41) is 12.6. The summed E-state index contributed by atoms with van der Waals surface area (Å²) in [7, 11) is 0. The summed E-state index contributed by atoms with van der Waals surface area (Å²) in [5.74, 6) is -0.360. The zero-order chi connectivity index (χ0) is 22.9. The third-order valence-corrected chi connectivity index (χ3v) is 5.17. The Morgan fingerprint density at radius 3 is 2.75 bits per heavy atom. The molecule has 1 amide bonds. The Kier molecular flexibility index (Phi) is 5.75. The summed E-state index contributed by atoms with van der Waals surface area (Å²) in [4.78, 5) is 27.2. The van der Waals surface area contributed by atoms with Gasteiger partial charge in [-0.3, -0.25) is 9.59 Å². The van der Waals surface area contributed by atoms with E-state index in [0.717, 1.165) is 12.1 Å². The number of amides is 1. The van der Waals surface area contributed by atoms with E-state index in [1.54, 1.807) is 24.3 Å². The van der Waals surface area contributed by atoms with Crippen LogP contribution in [0.15, 0.2) is 53.3 Å². The maximum Gasteiger partial charge on any atom is 0.416 e. The molecule has 1 aliphatic rings. The maximum atomic E-state index is 13.0. The summed E-state index contributed by atoms with van der Waals surface area (Å²) in [6.45, 7) is -0.131. The quantitative estimate of drug-likeness (QED) is 0.527. The third-order valence-electron chi connectivity index (χ3n) is 5.17. The molecule has 2 heterocycles. The van der Waals surface area contributed by atoms with E-state index >= 15 is 0 Å². The predicted octanol–water partition coefficient (Wildman–Crippen LogP) is 4.23. The third kappa shape index (κ3) is 4.52. The summed E-state index contributed by atoms with van der Waals surface area (Å²) >= 11 is 0. The van der Waals surface area contributed by atoms with Crippen LogP contribution in [-0.2, 0) is 17.6 Å². The Morgan fingerprint density at radius 1 is 1.19 bits per heavy atom. The molecule has 6 nitrogen and oxygen atoms in total. The maximum absolute atomic E-state index is 13.0. The van der Waals surface area contributed by atoms with E-state index in [9.17, 15) is 27.9 Å². The van der Waals surface area contributed by atoms with Gasteiger partial charge in [0.15, 0.2) is 0 Å². The van der Waals surface area contributed by atoms with Gasteiger partial charge in [-0.2, -0.15) is 13.2 Å². The molecule has 9 heteroatoms. The number of aliphatic hydroxyl groups excluding tert-OH is 1. The van der Waals surface area contributed by atoms with Gasteiger partial charge in [-0.1, -0.05) is 12.1 Å². The van der Waals surface area contributed by atoms with Crippen molar-refractivity contribution in [3.8, 4) is 5.75 Å². The van der Waals surface area contributed by atoms with Gasteiger partial charge in [0.25, 0.3) is 5.56 Å². The Bertz CT molecular complexity index is 1280. The van der Waals surface area contributed by atoms with E-state index in [1.165, 1.54) is 12.1 Å². The number of halogens is 3. The number of H-pyrrole nitrogens is 1. The molecule has 0 atom stereocenters. The van der Waals surface area contributed by atoms with Crippen molar-refractivity contribution in [2.75, 3.05) is 11.9 Å². The number of nitrogens with one attached hydrogen (secondary N) is 2. The molecule has 166 valence electrons. The molecule has 0 fully saturated rings. The summed E-state index contributed by atoms with van der Waals surface area (Å²) < 4.78 is 44.5. The standard InChI is InChI=1S/C23H19F3N2O4/c24-23(25,26)16-4-6-18-13(2-1-7-32-20(18)10-16)9-21(30)27-17-5-3-14-8-15(12-29)22(31)28-19(14)11-17/h3-6,8-11,29H,1-2,7,12H2,(H,27,30)(H,28,31)/b13-9+. The second-order valence-corrected chi connectivity index (χ2v) is 7.40. The monoisotopic (exact) mass is 444 g/mol. The molecular formula is C23H19F3N2O4. The van der Waals surface area contributed by atoms with Gasteiger partial charge in [0.1, 0.15) is 5.75 Å². The molecule has 0 aliphatic carbocycles. The minimum Gasteiger partial charge on any atom is -0.493 e. The molecule has 0 spiro atoms. The first-order chi connectivity index (χ1) is 15.2. The molecule has 3 aromatic rings. The van der Waals surface area contributed by atoms with Gasteiger partial charge in [0, 0.05) is 22.9 Å². The lowest BCUT2D eigenvalue weighted by Gasteiger charge is -2.13. The number of carbonyl (C=O) groups is 1. The zero-order valence-electron chi connectivity index (χ0n) is 16.8.